The molecule has 0 spiro atoms. The van der Waals surface area contributed by atoms with E-state index < -0.39 is 0 Å². The van der Waals surface area contributed by atoms with Crippen LogP contribution in [-0.2, 0) is 0 Å². The summed E-state index contributed by atoms with van der Waals surface area (Å²) in [5, 5.41) is 7.50. The number of nitrogens with one attached hydrogen (secondary N) is 1. The summed E-state index contributed by atoms with van der Waals surface area (Å²) in [6, 6.07) is 0.0101. The summed E-state index contributed by atoms with van der Waals surface area (Å²) in [6.07, 6.45) is 1.61. The molecule has 0 amide bonds. The number of rotatable bonds is 4. The summed E-state index contributed by atoms with van der Waals surface area (Å²) in [5.74, 6) is 2.51. The minimum Gasteiger partial charge on any atom is -0.493 e. The average Bonchev–Trinajstić information content (AvgIpc) is 2.82. The van der Waals surface area contributed by atoms with Crippen LogP contribution in [0.25, 0.3) is 0 Å². The van der Waals surface area contributed by atoms with Gasteiger partial charge in [-0.15, -0.1) is 0 Å². The molecule has 5 nitrogen and oxygen atoms in total. The molecular formula is C12H19N3O2S. The molecule has 1 atom stereocenters. The van der Waals surface area contributed by atoms with Crippen molar-refractivity contribution in [3.05, 3.63) is 11.9 Å². The molecule has 1 saturated heterocycles. The van der Waals surface area contributed by atoms with Gasteiger partial charge in [0, 0.05) is 24.1 Å². The number of hydrogen-bond acceptors (Lipinski definition) is 5. The van der Waals surface area contributed by atoms with Gasteiger partial charge < -0.3 is 10.1 Å². The van der Waals surface area contributed by atoms with Gasteiger partial charge in [-0.05, 0) is 13.8 Å². The molecule has 0 aliphatic carbocycles. The molecule has 1 unspecified atom stereocenters. The third-order valence-corrected chi connectivity index (χ3v) is 4.00. The minimum atomic E-state index is -0.133. The fourth-order valence-electron chi connectivity index (χ4n) is 2.02. The van der Waals surface area contributed by atoms with E-state index in [9.17, 15) is 4.79 Å². The van der Waals surface area contributed by atoms with E-state index in [2.05, 4.69) is 10.4 Å². The Morgan fingerprint density at radius 2 is 2.44 bits per heavy atom. The molecule has 1 aliphatic heterocycles. The van der Waals surface area contributed by atoms with Gasteiger partial charge in [0.15, 0.2) is 5.75 Å². The van der Waals surface area contributed by atoms with E-state index in [1.807, 2.05) is 13.8 Å². The molecule has 0 aromatic carbocycles. The fraction of sp³-hybridized carbons (Fsp3) is 0.667. The number of ketones is 1. The summed E-state index contributed by atoms with van der Waals surface area (Å²) in [4.78, 5) is 12.5. The lowest BCUT2D eigenvalue weighted by Gasteiger charge is -2.23. The molecule has 0 radical (unpaired) electrons. The first-order valence-corrected chi connectivity index (χ1v) is 7.27. The lowest BCUT2D eigenvalue weighted by Crippen LogP contribution is -2.44. The average molecular weight is 269 g/mol. The van der Waals surface area contributed by atoms with Gasteiger partial charge >= 0.3 is 0 Å². The van der Waals surface area contributed by atoms with Crippen molar-refractivity contribution >= 4 is 17.5 Å². The Morgan fingerprint density at radius 3 is 3.00 bits per heavy atom. The molecular weight excluding hydrogens is 250 g/mol. The van der Waals surface area contributed by atoms with Gasteiger partial charge in [0.1, 0.15) is 5.69 Å². The zero-order valence-electron chi connectivity index (χ0n) is 11.0. The molecule has 1 aromatic heterocycles. The van der Waals surface area contributed by atoms with Crippen LogP contribution in [0.4, 0.5) is 0 Å². The largest absolute Gasteiger partial charge is 0.493 e. The Balaban J connectivity index is 2.29. The first-order valence-electron chi connectivity index (χ1n) is 6.12. The lowest BCUT2D eigenvalue weighted by molar-refractivity contribution is 0.0937. The second-order valence-corrected chi connectivity index (χ2v) is 5.70. The van der Waals surface area contributed by atoms with Crippen LogP contribution in [0.15, 0.2) is 6.20 Å². The maximum Gasteiger partial charge on any atom is 0.202 e. The molecule has 18 heavy (non-hydrogen) atoms. The first kappa shape index (κ1) is 13.4. The zero-order valence-corrected chi connectivity index (χ0v) is 11.8. The SMILES string of the molecule is COc1cnn(C(C)C)c1C(=O)C1CSCCN1. The van der Waals surface area contributed by atoms with Gasteiger partial charge in [-0.2, -0.15) is 16.9 Å². The molecule has 0 bridgehead atoms. The van der Waals surface area contributed by atoms with E-state index in [0.29, 0.717) is 11.4 Å². The molecule has 1 aromatic rings. The standard InChI is InChI=1S/C12H19N3O2S/c1-8(2)15-11(10(17-3)6-14-15)12(16)9-7-18-5-4-13-9/h6,8-9,13H,4-5,7H2,1-3H3. The van der Waals surface area contributed by atoms with Crippen molar-refractivity contribution in [1.82, 2.24) is 15.1 Å². The van der Waals surface area contributed by atoms with Crippen LogP contribution in [0.1, 0.15) is 30.4 Å². The Morgan fingerprint density at radius 1 is 1.67 bits per heavy atom. The van der Waals surface area contributed by atoms with Crippen LogP contribution < -0.4 is 10.1 Å². The number of aromatic nitrogens is 2. The molecule has 6 heteroatoms. The van der Waals surface area contributed by atoms with E-state index in [1.54, 1.807) is 29.8 Å². The highest BCUT2D eigenvalue weighted by Crippen LogP contribution is 2.24. The highest BCUT2D eigenvalue weighted by molar-refractivity contribution is 7.99. The summed E-state index contributed by atoms with van der Waals surface area (Å²) >= 11 is 1.80. The fourth-order valence-corrected chi connectivity index (χ4v) is 2.95. The first-order chi connectivity index (χ1) is 8.65. The maximum atomic E-state index is 12.5. The van der Waals surface area contributed by atoms with E-state index >= 15 is 0 Å². The number of Topliss-reactive ketones (excluding diaryl/α,β-unsaturated/α-hetero) is 1. The summed E-state index contributed by atoms with van der Waals surface area (Å²) in [5.41, 5.74) is 0.576. The van der Waals surface area contributed by atoms with Crippen molar-refractivity contribution in [2.24, 2.45) is 0 Å². The van der Waals surface area contributed by atoms with E-state index in [-0.39, 0.29) is 17.9 Å². The highest BCUT2D eigenvalue weighted by Gasteiger charge is 2.29. The molecule has 0 saturated carbocycles. The van der Waals surface area contributed by atoms with Crippen LogP contribution in [0, 0.1) is 0 Å². The number of nitrogens with zero attached hydrogens (tertiary/aromatic N) is 2. The Labute approximate surface area is 111 Å². The number of hydrogen-bond donors (Lipinski definition) is 1. The Bertz CT molecular complexity index is 425. The van der Waals surface area contributed by atoms with E-state index in [0.717, 1.165) is 18.1 Å². The van der Waals surface area contributed by atoms with E-state index in [1.165, 1.54) is 0 Å². The number of carbonyl (C=O) groups excluding carboxylic acids is 1. The van der Waals surface area contributed by atoms with Gasteiger partial charge in [-0.25, -0.2) is 0 Å². The monoisotopic (exact) mass is 269 g/mol. The van der Waals surface area contributed by atoms with Crippen LogP contribution >= 0.6 is 11.8 Å². The van der Waals surface area contributed by atoms with Crippen LogP contribution in [-0.4, -0.2) is 46.8 Å². The maximum absolute atomic E-state index is 12.5. The summed E-state index contributed by atoms with van der Waals surface area (Å²) in [7, 11) is 1.57. The minimum absolute atomic E-state index is 0.0743. The van der Waals surface area contributed by atoms with Crippen molar-refractivity contribution in [2.75, 3.05) is 25.2 Å². The van der Waals surface area contributed by atoms with Crippen molar-refractivity contribution in [3.8, 4) is 5.75 Å². The van der Waals surface area contributed by atoms with Gasteiger partial charge in [-0.1, -0.05) is 0 Å². The van der Waals surface area contributed by atoms with Gasteiger partial charge in [-0.3, -0.25) is 9.48 Å². The van der Waals surface area contributed by atoms with Gasteiger partial charge in [0.2, 0.25) is 5.78 Å². The normalized spacial score (nSPS) is 20.1. The third-order valence-electron chi connectivity index (χ3n) is 2.94. The summed E-state index contributed by atoms with van der Waals surface area (Å²) in [6.45, 7) is 4.89. The summed E-state index contributed by atoms with van der Waals surface area (Å²) < 4.78 is 6.99. The zero-order chi connectivity index (χ0) is 13.1. The Hall–Kier alpha value is -1.01. The molecule has 1 aliphatic rings. The lowest BCUT2D eigenvalue weighted by atomic mass is 10.1. The van der Waals surface area contributed by atoms with E-state index in [4.69, 9.17) is 4.74 Å². The molecule has 2 heterocycles. The van der Waals surface area contributed by atoms with Crippen molar-refractivity contribution in [3.63, 3.8) is 0 Å². The van der Waals surface area contributed by atoms with Crippen LogP contribution in [0.5, 0.6) is 5.75 Å². The highest BCUT2D eigenvalue weighted by atomic mass is 32.2. The smallest absolute Gasteiger partial charge is 0.202 e. The molecule has 100 valence electrons. The number of ether oxygens (including phenoxy) is 1. The molecule has 1 N–H and O–H groups in total. The van der Waals surface area contributed by atoms with Crippen molar-refractivity contribution in [2.45, 2.75) is 25.9 Å². The second kappa shape index (κ2) is 5.75. The number of thioether (sulfide) groups is 1. The van der Waals surface area contributed by atoms with Gasteiger partial charge in [0.05, 0.1) is 19.3 Å². The predicted molar refractivity (Wildman–Crippen MR) is 72.6 cm³/mol. The van der Waals surface area contributed by atoms with Crippen molar-refractivity contribution < 1.29 is 9.53 Å². The molecule has 1 fully saturated rings. The predicted octanol–water partition coefficient (Wildman–Crippen LogP) is 1.36. The number of carbonyl (C=O) groups is 1. The van der Waals surface area contributed by atoms with Gasteiger partial charge in [0.25, 0.3) is 0 Å². The third kappa shape index (κ3) is 2.54. The topological polar surface area (TPSA) is 56.2 Å². The Kier molecular flexibility index (Phi) is 4.29. The van der Waals surface area contributed by atoms with Crippen molar-refractivity contribution in [1.29, 1.82) is 0 Å². The number of methoxy groups -OCH3 is 1. The molecule has 2 rings (SSSR count). The van der Waals surface area contributed by atoms with Crippen LogP contribution in [0.3, 0.4) is 0 Å². The quantitative estimate of drug-likeness (QED) is 0.836. The van der Waals surface area contributed by atoms with Crippen LogP contribution in [0.2, 0.25) is 0 Å². The second-order valence-electron chi connectivity index (χ2n) is 4.55.